The maximum atomic E-state index is 12.9. The van der Waals surface area contributed by atoms with Crippen LogP contribution in [0.4, 0.5) is 15.2 Å². The summed E-state index contributed by atoms with van der Waals surface area (Å²) in [4.78, 5) is 12.3. The van der Waals surface area contributed by atoms with Gasteiger partial charge in [-0.1, -0.05) is 35.2 Å². The minimum absolute atomic E-state index is 0.148. The summed E-state index contributed by atoms with van der Waals surface area (Å²) in [5.74, 6) is 1.12. The van der Waals surface area contributed by atoms with E-state index in [1.54, 1.807) is 30.3 Å². The fourth-order valence-electron chi connectivity index (χ4n) is 2.68. The molecule has 0 spiro atoms. The number of anilines is 2. The van der Waals surface area contributed by atoms with Crippen LogP contribution in [-0.4, -0.2) is 35.1 Å². The standard InChI is InChI=1S/C20H19FN4O3S2/c21-14-4-2-13(3-5-14)11-22-19-24-25-20(30-19)29-12-18(26)23-15-6-7-16-17(10-15)28-9-1-8-27-16/h2-7,10H,1,8-9,11-12H2,(H,22,24)(H,23,26). The quantitative estimate of drug-likeness (QED) is 0.527. The Bertz CT molecular complexity index is 1010. The van der Waals surface area contributed by atoms with Crippen molar-refractivity contribution in [3.05, 3.63) is 53.8 Å². The van der Waals surface area contributed by atoms with E-state index in [4.69, 9.17) is 9.47 Å². The van der Waals surface area contributed by atoms with Gasteiger partial charge >= 0.3 is 0 Å². The van der Waals surface area contributed by atoms with Crippen LogP contribution in [0, 0.1) is 5.82 Å². The summed E-state index contributed by atoms with van der Waals surface area (Å²) in [5.41, 5.74) is 1.60. The van der Waals surface area contributed by atoms with Crippen molar-refractivity contribution in [1.29, 1.82) is 0 Å². The van der Waals surface area contributed by atoms with Crippen molar-refractivity contribution in [2.75, 3.05) is 29.6 Å². The van der Waals surface area contributed by atoms with Gasteiger partial charge in [0.1, 0.15) is 5.82 Å². The molecule has 4 rings (SSSR count). The van der Waals surface area contributed by atoms with Crippen molar-refractivity contribution in [2.24, 2.45) is 0 Å². The van der Waals surface area contributed by atoms with Crippen molar-refractivity contribution in [3.63, 3.8) is 0 Å². The lowest BCUT2D eigenvalue weighted by molar-refractivity contribution is -0.113. The maximum absolute atomic E-state index is 12.9. The molecule has 0 unspecified atom stereocenters. The zero-order valence-corrected chi connectivity index (χ0v) is 17.5. The predicted octanol–water partition coefficient (Wildman–Crippen LogP) is 4.18. The van der Waals surface area contributed by atoms with Gasteiger partial charge < -0.3 is 20.1 Å². The Hall–Kier alpha value is -2.85. The van der Waals surface area contributed by atoms with Crippen molar-refractivity contribution < 1.29 is 18.7 Å². The molecule has 0 fully saturated rings. The monoisotopic (exact) mass is 446 g/mol. The lowest BCUT2D eigenvalue weighted by atomic mass is 10.2. The second kappa shape index (κ2) is 9.77. The van der Waals surface area contributed by atoms with Gasteiger partial charge in [-0.25, -0.2) is 4.39 Å². The van der Waals surface area contributed by atoms with E-state index in [0.29, 0.717) is 46.4 Å². The minimum Gasteiger partial charge on any atom is -0.490 e. The number of halogens is 1. The second-order valence-electron chi connectivity index (χ2n) is 6.40. The van der Waals surface area contributed by atoms with Gasteiger partial charge in [0.15, 0.2) is 15.8 Å². The third-order valence-corrected chi connectivity index (χ3v) is 6.14. The minimum atomic E-state index is -0.265. The number of nitrogens with zero attached hydrogens (tertiary/aromatic N) is 2. The number of ether oxygens (including phenoxy) is 2. The van der Waals surface area contributed by atoms with Crippen LogP contribution in [0.15, 0.2) is 46.8 Å². The second-order valence-corrected chi connectivity index (χ2v) is 8.60. The molecule has 0 saturated carbocycles. The first-order valence-corrected chi connectivity index (χ1v) is 11.1. The first-order chi connectivity index (χ1) is 14.7. The average Bonchev–Trinajstić information content (AvgIpc) is 3.08. The molecule has 1 amide bonds. The molecule has 0 aliphatic carbocycles. The van der Waals surface area contributed by atoms with E-state index in [1.807, 2.05) is 0 Å². The van der Waals surface area contributed by atoms with Gasteiger partial charge in [0.05, 0.1) is 19.0 Å². The molecule has 0 bridgehead atoms. The molecule has 3 aromatic rings. The molecule has 0 saturated heterocycles. The highest BCUT2D eigenvalue weighted by Crippen LogP contribution is 2.32. The van der Waals surface area contributed by atoms with E-state index < -0.39 is 0 Å². The number of nitrogens with one attached hydrogen (secondary N) is 2. The Morgan fingerprint density at radius 3 is 2.73 bits per heavy atom. The summed E-state index contributed by atoms with van der Waals surface area (Å²) < 4.78 is 24.9. The van der Waals surface area contributed by atoms with E-state index >= 15 is 0 Å². The van der Waals surface area contributed by atoms with Gasteiger partial charge in [-0.2, -0.15) is 0 Å². The largest absolute Gasteiger partial charge is 0.490 e. The zero-order chi connectivity index (χ0) is 20.8. The molecule has 1 aliphatic rings. The molecule has 2 heterocycles. The number of aromatic nitrogens is 2. The van der Waals surface area contributed by atoms with Gasteiger partial charge in [-0.05, 0) is 29.8 Å². The number of hydrogen-bond acceptors (Lipinski definition) is 8. The lowest BCUT2D eigenvalue weighted by Gasteiger charge is -2.10. The topological polar surface area (TPSA) is 85.4 Å². The van der Waals surface area contributed by atoms with E-state index in [-0.39, 0.29) is 17.5 Å². The highest BCUT2D eigenvalue weighted by atomic mass is 32.2. The van der Waals surface area contributed by atoms with Crippen molar-refractivity contribution >= 4 is 39.8 Å². The first-order valence-electron chi connectivity index (χ1n) is 9.30. The molecular formula is C20H19FN4O3S2. The summed E-state index contributed by atoms with van der Waals surface area (Å²) in [6.07, 6.45) is 0.829. The molecule has 0 atom stereocenters. The van der Waals surface area contributed by atoms with Crippen molar-refractivity contribution in [2.45, 2.75) is 17.3 Å². The fraction of sp³-hybridized carbons (Fsp3) is 0.250. The Balaban J connectivity index is 1.25. The highest BCUT2D eigenvalue weighted by Gasteiger charge is 2.13. The summed E-state index contributed by atoms with van der Waals surface area (Å²) in [7, 11) is 0. The van der Waals surface area contributed by atoms with Gasteiger partial charge in [0.2, 0.25) is 11.0 Å². The molecule has 30 heavy (non-hydrogen) atoms. The van der Waals surface area contributed by atoms with Crippen LogP contribution >= 0.6 is 23.1 Å². The molecular weight excluding hydrogens is 427 g/mol. The Morgan fingerprint density at radius 1 is 1.10 bits per heavy atom. The van der Waals surface area contributed by atoms with Crippen LogP contribution in [0.2, 0.25) is 0 Å². The molecule has 0 radical (unpaired) electrons. The number of fused-ring (bicyclic) bond motifs is 1. The third kappa shape index (κ3) is 5.61. The number of carbonyl (C=O) groups is 1. The van der Waals surface area contributed by atoms with Gasteiger partial charge in [-0.3, -0.25) is 4.79 Å². The van der Waals surface area contributed by atoms with Gasteiger partial charge in [0.25, 0.3) is 0 Å². The number of rotatable bonds is 7. The van der Waals surface area contributed by atoms with Crippen LogP contribution in [0.25, 0.3) is 0 Å². The van der Waals surface area contributed by atoms with E-state index in [0.717, 1.165) is 12.0 Å². The summed E-state index contributed by atoms with van der Waals surface area (Å²) >= 11 is 2.68. The van der Waals surface area contributed by atoms with E-state index in [2.05, 4.69) is 20.8 Å². The summed E-state index contributed by atoms with van der Waals surface area (Å²) in [5, 5.41) is 14.8. The molecule has 1 aromatic heterocycles. The number of carbonyl (C=O) groups excluding carboxylic acids is 1. The zero-order valence-electron chi connectivity index (χ0n) is 15.9. The van der Waals surface area contributed by atoms with Crippen LogP contribution in [0.3, 0.4) is 0 Å². The SMILES string of the molecule is O=C(CSc1nnc(NCc2ccc(F)cc2)s1)Nc1ccc2c(c1)OCCCO2. The summed E-state index contributed by atoms with van der Waals surface area (Å²) in [6.45, 7) is 1.73. The molecule has 1 aliphatic heterocycles. The smallest absolute Gasteiger partial charge is 0.234 e. The number of thioether (sulfide) groups is 1. The first kappa shape index (κ1) is 20.4. The Morgan fingerprint density at radius 2 is 1.90 bits per heavy atom. The number of amides is 1. The van der Waals surface area contributed by atoms with Crippen molar-refractivity contribution in [1.82, 2.24) is 10.2 Å². The maximum Gasteiger partial charge on any atom is 0.234 e. The van der Waals surface area contributed by atoms with Crippen molar-refractivity contribution in [3.8, 4) is 11.5 Å². The normalized spacial score (nSPS) is 12.8. The fourth-order valence-corrected chi connectivity index (χ4v) is 4.23. The van der Waals surface area contributed by atoms with Gasteiger partial charge in [-0.15, -0.1) is 10.2 Å². The number of benzene rings is 2. The molecule has 156 valence electrons. The van der Waals surface area contributed by atoms with E-state index in [1.165, 1.54) is 35.2 Å². The molecule has 2 aromatic carbocycles. The summed E-state index contributed by atoms with van der Waals surface area (Å²) in [6, 6.07) is 11.6. The number of hydrogen-bond donors (Lipinski definition) is 2. The predicted molar refractivity (Wildman–Crippen MR) is 115 cm³/mol. The molecule has 2 N–H and O–H groups in total. The van der Waals surface area contributed by atoms with Crippen LogP contribution in [0.1, 0.15) is 12.0 Å². The Labute approximate surface area is 181 Å². The van der Waals surface area contributed by atoms with Crippen LogP contribution in [0.5, 0.6) is 11.5 Å². The van der Waals surface area contributed by atoms with E-state index in [9.17, 15) is 9.18 Å². The molecule has 10 heteroatoms. The average molecular weight is 447 g/mol. The van der Waals surface area contributed by atoms with Crippen LogP contribution in [-0.2, 0) is 11.3 Å². The Kier molecular flexibility index (Phi) is 6.65. The van der Waals surface area contributed by atoms with Crippen LogP contribution < -0.4 is 20.1 Å². The third-order valence-electron chi connectivity index (χ3n) is 4.12. The molecule has 7 nitrogen and oxygen atoms in total. The highest BCUT2D eigenvalue weighted by molar-refractivity contribution is 8.01. The lowest BCUT2D eigenvalue weighted by Crippen LogP contribution is -2.14. The van der Waals surface area contributed by atoms with Gasteiger partial charge in [0, 0.05) is 24.7 Å².